The number of thioether (sulfide) groups is 1. The maximum absolute atomic E-state index is 5.37. The third kappa shape index (κ3) is 6.18. The van der Waals surface area contributed by atoms with E-state index in [2.05, 4.69) is 31.6 Å². The zero-order valence-electron chi connectivity index (χ0n) is 14.2. The maximum Gasteiger partial charge on any atom is 0.191 e. The number of benzene rings is 1. The molecule has 0 saturated carbocycles. The third-order valence-electron chi connectivity index (χ3n) is 3.70. The summed E-state index contributed by atoms with van der Waals surface area (Å²) in [5.41, 5.74) is 1.09. The van der Waals surface area contributed by atoms with E-state index < -0.39 is 0 Å². The van der Waals surface area contributed by atoms with Crippen LogP contribution in [0.1, 0.15) is 18.4 Å². The zero-order valence-corrected chi connectivity index (χ0v) is 19.0. The van der Waals surface area contributed by atoms with Gasteiger partial charge in [-0.15, -0.1) is 24.0 Å². The monoisotopic (exact) mass is 529 g/mol. The summed E-state index contributed by atoms with van der Waals surface area (Å²) in [4.78, 5) is 4.28. The average Bonchev–Trinajstić information content (AvgIpc) is 3.07. The Morgan fingerprint density at radius 3 is 2.71 bits per heavy atom. The van der Waals surface area contributed by atoms with Gasteiger partial charge in [-0.05, 0) is 52.2 Å². The van der Waals surface area contributed by atoms with Crippen LogP contribution in [-0.2, 0) is 6.54 Å². The molecule has 0 spiro atoms. The fraction of sp³-hybridized carbons (Fsp3) is 0.562. The SMILES string of the molecule is CN=C(NCc1cc(Br)c(OC)c(OC)c1)NCC1CCCS1.I. The highest BCUT2D eigenvalue weighted by Crippen LogP contribution is 2.36. The summed E-state index contributed by atoms with van der Waals surface area (Å²) in [5, 5.41) is 7.43. The van der Waals surface area contributed by atoms with Gasteiger partial charge < -0.3 is 20.1 Å². The molecule has 0 amide bonds. The Labute approximate surface area is 173 Å². The largest absolute Gasteiger partial charge is 0.493 e. The highest BCUT2D eigenvalue weighted by molar-refractivity contribution is 14.0. The van der Waals surface area contributed by atoms with Crippen molar-refractivity contribution in [2.24, 2.45) is 4.99 Å². The molecule has 1 aliphatic rings. The van der Waals surface area contributed by atoms with Gasteiger partial charge in [0.25, 0.3) is 0 Å². The van der Waals surface area contributed by atoms with Crippen molar-refractivity contribution in [3.05, 3.63) is 22.2 Å². The quantitative estimate of drug-likeness (QED) is 0.335. The van der Waals surface area contributed by atoms with Gasteiger partial charge in [-0.2, -0.15) is 11.8 Å². The van der Waals surface area contributed by atoms with Crippen LogP contribution in [-0.4, -0.2) is 44.8 Å². The molecule has 0 aliphatic carbocycles. The summed E-state index contributed by atoms with van der Waals surface area (Å²) in [5.74, 6) is 3.52. The first-order valence-electron chi connectivity index (χ1n) is 7.64. The van der Waals surface area contributed by atoms with Crippen LogP contribution >= 0.6 is 51.7 Å². The molecule has 0 aromatic heterocycles. The molecule has 0 radical (unpaired) electrons. The molecule has 1 atom stereocenters. The van der Waals surface area contributed by atoms with Gasteiger partial charge in [-0.1, -0.05) is 0 Å². The van der Waals surface area contributed by atoms with Crippen LogP contribution in [0.3, 0.4) is 0 Å². The van der Waals surface area contributed by atoms with Crippen LogP contribution in [0.25, 0.3) is 0 Å². The topological polar surface area (TPSA) is 54.9 Å². The maximum atomic E-state index is 5.37. The van der Waals surface area contributed by atoms with E-state index in [1.807, 2.05) is 23.9 Å². The van der Waals surface area contributed by atoms with Gasteiger partial charge >= 0.3 is 0 Å². The second-order valence-corrected chi connectivity index (χ2v) is 7.52. The zero-order chi connectivity index (χ0) is 16.7. The summed E-state index contributed by atoms with van der Waals surface area (Å²) in [6, 6.07) is 3.99. The van der Waals surface area contributed by atoms with Gasteiger partial charge in [0.05, 0.1) is 18.7 Å². The molecule has 2 N–H and O–H groups in total. The van der Waals surface area contributed by atoms with E-state index in [4.69, 9.17) is 9.47 Å². The number of rotatable bonds is 6. The van der Waals surface area contributed by atoms with Crippen molar-refractivity contribution < 1.29 is 9.47 Å². The van der Waals surface area contributed by atoms with Crippen LogP contribution in [0, 0.1) is 0 Å². The second kappa shape index (κ2) is 11.3. The van der Waals surface area contributed by atoms with Crippen LogP contribution in [0.5, 0.6) is 11.5 Å². The molecule has 1 saturated heterocycles. The summed E-state index contributed by atoms with van der Waals surface area (Å²) >= 11 is 5.56. The number of ether oxygens (including phenoxy) is 2. The fourth-order valence-electron chi connectivity index (χ4n) is 2.50. The number of nitrogens with zero attached hydrogens (tertiary/aromatic N) is 1. The van der Waals surface area contributed by atoms with E-state index in [1.54, 1.807) is 21.3 Å². The second-order valence-electron chi connectivity index (χ2n) is 5.25. The molecule has 1 aromatic rings. The molecule has 5 nitrogen and oxygen atoms in total. The first-order valence-corrected chi connectivity index (χ1v) is 9.48. The average molecular weight is 530 g/mol. The predicted molar refractivity (Wildman–Crippen MR) is 116 cm³/mol. The van der Waals surface area contributed by atoms with Gasteiger partial charge in [-0.25, -0.2) is 0 Å². The van der Waals surface area contributed by atoms with Crippen molar-refractivity contribution in [2.75, 3.05) is 33.6 Å². The Balaban J connectivity index is 0.00000288. The summed E-state index contributed by atoms with van der Waals surface area (Å²) < 4.78 is 11.6. The normalized spacial score (nSPS) is 17.2. The molecule has 2 rings (SSSR count). The first-order chi connectivity index (χ1) is 11.2. The molecule has 1 heterocycles. The summed E-state index contributed by atoms with van der Waals surface area (Å²) in [7, 11) is 5.07. The van der Waals surface area contributed by atoms with Gasteiger partial charge in [0.1, 0.15) is 0 Å². The van der Waals surface area contributed by atoms with E-state index in [-0.39, 0.29) is 24.0 Å². The molecular weight excluding hydrogens is 505 g/mol. The number of halogens is 2. The van der Waals surface area contributed by atoms with E-state index in [0.29, 0.717) is 23.3 Å². The number of hydrogen-bond donors (Lipinski definition) is 2. The molecule has 0 bridgehead atoms. The Kier molecular flexibility index (Phi) is 10.2. The van der Waals surface area contributed by atoms with Crippen molar-refractivity contribution in [3.63, 3.8) is 0 Å². The Bertz CT molecular complexity index is 554. The lowest BCUT2D eigenvalue weighted by molar-refractivity contribution is 0.352. The molecule has 1 aliphatic heterocycles. The molecule has 24 heavy (non-hydrogen) atoms. The number of methoxy groups -OCH3 is 2. The van der Waals surface area contributed by atoms with Gasteiger partial charge in [-0.3, -0.25) is 4.99 Å². The third-order valence-corrected chi connectivity index (χ3v) is 5.69. The van der Waals surface area contributed by atoms with Gasteiger partial charge in [0.2, 0.25) is 0 Å². The van der Waals surface area contributed by atoms with Crippen LogP contribution in [0.4, 0.5) is 0 Å². The van der Waals surface area contributed by atoms with Gasteiger partial charge in [0, 0.05) is 25.4 Å². The smallest absolute Gasteiger partial charge is 0.191 e. The minimum absolute atomic E-state index is 0. The van der Waals surface area contributed by atoms with Gasteiger partial charge in [0.15, 0.2) is 17.5 Å². The number of nitrogens with one attached hydrogen (secondary N) is 2. The van der Waals surface area contributed by atoms with Crippen molar-refractivity contribution in [1.82, 2.24) is 10.6 Å². The highest BCUT2D eigenvalue weighted by atomic mass is 127. The molecule has 1 fully saturated rings. The van der Waals surface area contributed by atoms with E-state index in [9.17, 15) is 0 Å². The molecule has 8 heteroatoms. The minimum atomic E-state index is 0. The lowest BCUT2D eigenvalue weighted by Gasteiger charge is -2.16. The fourth-order valence-corrected chi connectivity index (χ4v) is 4.35. The molecule has 136 valence electrons. The van der Waals surface area contributed by atoms with Crippen LogP contribution < -0.4 is 20.1 Å². The standard InChI is InChI=1S/C16H24BrN3O2S.HI/c1-18-16(20-10-12-5-4-6-23-12)19-9-11-7-13(17)15(22-3)14(8-11)21-2;/h7-8,12H,4-6,9-10H2,1-3H3,(H2,18,19,20);1H. The summed E-state index contributed by atoms with van der Waals surface area (Å²) in [6.07, 6.45) is 2.61. The van der Waals surface area contributed by atoms with Crippen molar-refractivity contribution >= 4 is 57.6 Å². The van der Waals surface area contributed by atoms with E-state index in [0.717, 1.165) is 22.5 Å². The molecule has 1 unspecified atom stereocenters. The number of hydrogen-bond acceptors (Lipinski definition) is 4. The highest BCUT2D eigenvalue weighted by Gasteiger charge is 2.16. The Hall–Kier alpha value is -0.350. The molecular formula is C16H25BrIN3O2S. The van der Waals surface area contributed by atoms with Crippen molar-refractivity contribution in [2.45, 2.75) is 24.6 Å². The molecule has 1 aromatic carbocycles. The lowest BCUT2D eigenvalue weighted by Crippen LogP contribution is -2.39. The van der Waals surface area contributed by atoms with Crippen LogP contribution in [0.15, 0.2) is 21.6 Å². The van der Waals surface area contributed by atoms with Crippen molar-refractivity contribution in [3.8, 4) is 11.5 Å². The van der Waals surface area contributed by atoms with Crippen LogP contribution in [0.2, 0.25) is 0 Å². The minimum Gasteiger partial charge on any atom is -0.493 e. The van der Waals surface area contributed by atoms with Crippen molar-refractivity contribution in [1.29, 1.82) is 0 Å². The van der Waals surface area contributed by atoms with E-state index in [1.165, 1.54) is 18.6 Å². The Morgan fingerprint density at radius 1 is 1.33 bits per heavy atom. The number of aliphatic imine (C=N–C) groups is 1. The predicted octanol–water partition coefficient (Wildman–Crippen LogP) is 3.64. The summed E-state index contributed by atoms with van der Waals surface area (Å²) in [6.45, 7) is 1.62. The number of guanidine groups is 1. The lowest BCUT2D eigenvalue weighted by atomic mass is 10.2. The first kappa shape index (κ1) is 21.7. The Morgan fingerprint density at radius 2 is 2.12 bits per heavy atom. The van der Waals surface area contributed by atoms with E-state index >= 15 is 0 Å².